The van der Waals surface area contributed by atoms with Crippen LogP contribution in [0.4, 0.5) is 5.82 Å². The number of carbonyl (C=O) groups excluding carboxylic acids is 1. The predicted molar refractivity (Wildman–Crippen MR) is 128 cm³/mol. The fourth-order valence-electron chi connectivity index (χ4n) is 4.17. The van der Waals surface area contributed by atoms with Gasteiger partial charge in [0.2, 0.25) is 5.91 Å². The van der Waals surface area contributed by atoms with Gasteiger partial charge in [0, 0.05) is 56.9 Å². The number of carboxylic acid groups (broad SMARTS) is 1. The summed E-state index contributed by atoms with van der Waals surface area (Å²) in [5, 5.41) is 10.6. The number of amides is 1. The number of pyridine rings is 1. The lowest BCUT2D eigenvalue weighted by molar-refractivity contribution is -0.141. The van der Waals surface area contributed by atoms with Crippen LogP contribution in [0.3, 0.4) is 0 Å². The number of imidazole rings is 1. The molecule has 3 aromatic rings. The number of rotatable bonds is 3. The summed E-state index contributed by atoms with van der Waals surface area (Å²) in [6.45, 7) is 4.49. The van der Waals surface area contributed by atoms with Gasteiger partial charge in [-0.2, -0.15) is 0 Å². The normalized spacial score (nSPS) is 17.8. The highest BCUT2D eigenvalue weighted by molar-refractivity contribution is 6.45. The molecule has 0 bridgehead atoms. The minimum Gasteiger partial charge on any atom is -0.481 e. The lowest BCUT2D eigenvalue weighted by atomic mass is 10.1. The van der Waals surface area contributed by atoms with Gasteiger partial charge < -0.3 is 19.5 Å². The maximum atomic E-state index is 10.7. The number of carboxylic acids is 1. The lowest BCUT2D eigenvalue weighted by Crippen LogP contribution is -2.27. The molecule has 5 rings (SSSR count). The molecule has 2 aliphatic heterocycles. The first-order chi connectivity index (χ1) is 15.8. The Morgan fingerprint density at radius 2 is 1.91 bits per heavy atom. The Bertz CT molecular complexity index is 1140. The SMILES string of the molecule is CC(=O)N1CCC(C(=O)O)C1.Clc1ccc2c(-n3ccnc3)cc(N3CCCC3)nc2c1Cl. The Labute approximate surface area is 201 Å². The molecule has 2 aliphatic rings. The number of hydrogen-bond acceptors (Lipinski definition) is 5. The summed E-state index contributed by atoms with van der Waals surface area (Å²) in [5.74, 6) is -0.237. The van der Waals surface area contributed by atoms with E-state index in [2.05, 4.69) is 16.0 Å². The summed E-state index contributed by atoms with van der Waals surface area (Å²) < 4.78 is 1.98. The highest BCUT2D eigenvalue weighted by atomic mass is 35.5. The van der Waals surface area contributed by atoms with E-state index < -0.39 is 5.97 Å². The molecule has 0 aliphatic carbocycles. The van der Waals surface area contributed by atoms with Crippen molar-refractivity contribution < 1.29 is 14.7 Å². The molecule has 2 saturated heterocycles. The summed E-state index contributed by atoms with van der Waals surface area (Å²) in [7, 11) is 0. The van der Waals surface area contributed by atoms with E-state index in [1.165, 1.54) is 19.8 Å². The van der Waals surface area contributed by atoms with Crippen LogP contribution in [0.25, 0.3) is 16.6 Å². The van der Waals surface area contributed by atoms with Gasteiger partial charge in [-0.15, -0.1) is 0 Å². The van der Waals surface area contributed by atoms with E-state index in [0.29, 0.717) is 29.6 Å². The van der Waals surface area contributed by atoms with Gasteiger partial charge in [-0.1, -0.05) is 23.2 Å². The van der Waals surface area contributed by atoms with E-state index in [0.717, 1.165) is 35.5 Å². The van der Waals surface area contributed by atoms with Crippen LogP contribution in [0.5, 0.6) is 0 Å². The molecular formula is C23H25Cl2N5O3. The van der Waals surface area contributed by atoms with Crippen LogP contribution in [0.15, 0.2) is 36.9 Å². The largest absolute Gasteiger partial charge is 0.481 e. The summed E-state index contributed by atoms with van der Waals surface area (Å²) in [4.78, 5) is 33.9. The molecule has 0 spiro atoms. The number of likely N-dealkylation sites (tertiary alicyclic amines) is 1. The maximum absolute atomic E-state index is 10.7. The first-order valence-electron chi connectivity index (χ1n) is 10.9. The third-order valence-electron chi connectivity index (χ3n) is 6.03. The molecule has 0 radical (unpaired) electrons. The number of hydrogen-bond donors (Lipinski definition) is 1. The Hall–Kier alpha value is -2.84. The third-order valence-corrected chi connectivity index (χ3v) is 6.83. The second-order valence-corrected chi connectivity index (χ2v) is 9.00. The molecule has 10 heteroatoms. The van der Waals surface area contributed by atoms with Gasteiger partial charge in [-0.05, 0) is 31.4 Å². The number of halogens is 2. The highest BCUT2D eigenvalue weighted by Crippen LogP contribution is 2.35. The van der Waals surface area contributed by atoms with Crippen molar-refractivity contribution in [3.63, 3.8) is 0 Å². The van der Waals surface area contributed by atoms with Crippen molar-refractivity contribution in [2.45, 2.75) is 26.2 Å². The Balaban J connectivity index is 0.000000200. The Kier molecular flexibility index (Phi) is 7.05. The van der Waals surface area contributed by atoms with Crippen LogP contribution in [0, 0.1) is 5.92 Å². The van der Waals surface area contributed by atoms with E-state index in [4.69, 9.17) is 33.3 Å². The van der Waals surface area contributed by atoms with Gasteiger partial charge in [-0.25, -0.2) is 9.97 Å². The first kappa shape index (κ1) is 23.3. The molecule has 1 N–H and O–H groups in total. The molecule has 8 nitrogen and oxygen atoms in total. The van der Waals surface area contributed by atoms with Crippen molar-refractivity contribution in [2.75, 3.05) is 31.1 Å². The van der Waals surface area contributed by atoms with E-state index in [1.54, 1.807) is 17.4 Å². The average molecular weight is 490 g/mol. The second-order valence-electron chi connectivity index (χ2n) is 8.21. The molecule has 4 heterocycles. The summed E-state index contributed by atoms with van der Waals surface area (Å²) in [6, 6.07) is 5.86. The van der Waals surface area contributed by atoms with E-state index in [-0.39, 0.29) is 11.8 Å². The van der Waals surface area contributed by atoms with Gasteiger partial charge in [0.25, 0.3) is 0 Å². The minimum absolute atomic E-state index is 0.0336. The number of anilines is 1. The van der Waals surface area contributed by atoms with Crippen LogP contribution < -0.4 is 4.90 Å². The van der Waals surface area contributed by atoms with Crippen LogP contribution in [0.1, 0.15) is 26.2 Å². The van der Waals surface area contributed by atoms with Crippen LogP contribution >= 0.6 is 23.2 Å². The number of carbonyl (C=O) groups is 2. The van der Waals surface area contributed by atoms with Gasteiger partial charge in [0.15, 0.2) is 0 Å². The highest BCUT2D eigenvalue weighted by Gasteiger charge is 2.28. The van der Waals surface area contributed by atoms with E-state index in [9.17, 15) is 9.59 Å². The van der Waals surface area contributed by atoms with Crippen molar-refractivity contribution in [1.29, 1.82) is 0 Å². The third kappa shape index (κ3) is 5.07. The Morgan fingerprint density at radius 1 is 1.15 bits per heavy atom. The van der Waals surface area contributed by atoms with Gasteiger partial charge in [0.05, 0.1) is 33.5 Å². The molecule has 0 saturated carbocycles. The fourth-order valence-corrected chi connectivity index (χ4v) is 4.53. The number of nitrogens with zero attached hydrogens (tertiary/aromatic N) is 5. The van der Waals surface area contributed by atoms with Crippen LogP contribution in [0.2, 0.25) is 10.0 Å². The first-order valence-corrected chi connectivity index (χ1v) is 11.6. The molecule has 1 aromatic carbocycles. The summed E-state index contributed by atoms with van der Waals surface area (Å²) in [6.07, 6.45) is 8.46. The number of fused-ring (bicyclic) bond motifs is 1. The zero-order chi connectivity index (χ0) is 23.5. The van der Waals surface area contributed by atoms with Crippen molar-refractivity contribution in [3.05, 3.63) is 47.0 Å². The van der Waals surface area contributed by atoms with E-state index in [1.807, 2.05) is 22.9 Å². The number of aromatic nitrogens is 3. The van der Waals surface area contributed by atoms with Gasteiger partial charge >= 0.3 is 5.97 Å². The Morgan fingerprint density at radius 3 is 2.48 bits per heavy atom. The van der Waals surface area contributed by atoms with Crippen molar-refractivity contribution in [1.82, 2.24) is 19.4 Å². The smallest absolute Gasteiger partial charge is 0.308 e. The molecule has 1 unspecified atom stereocenters. The molecule has 2 aromatic heterocycles. The molecular weight excluding hydrogens is 465 g/mol. The quantitative estimate of drug-likeness (QED) is 0.590. The monoisotopic (exact) mass is 489 g/mol. The van der Waals surface area contributed by atoms with Gasteiger partial charge in [0.1, 0.15) is 5.82 Å². The van der Waals surface area contributed by atoms with Crippen molar-refractivity contribution in [2.24, 2.45) is 5.92 Å². The molecule has 1 amide bonds. The number of aliphatic carboxylic acids is 1. The van der Waals surface area contributed by atoms with Crippen LogP contribution in [-0.2, 0) is 9.59 Å². The topological polar surface area (TPSA) is 91.6 Å². The predicted octanol–water partition coefficient (Wildman–Crippen LogP) is 4.27. The number of benzene rings is 1. The molecule has 1 atom stereocenters. The van der Waals surface area contributed by atoms with Gasteiger partial charge in [-0.3, -0.25) is 9.59 Å². The maximum Gasteiger partial charge on any atom is 0.308 e. The summed E-state index contributed by atoms with van der Waals surface area (Å²) in [5.41, 5.74) is 1.75. The fraction of sp³-hybridized carbons (Fsp3) is 0.391. The van der Waals surface area contributed by atoms with Crippen molar-refractivity contribution in [3.8, 4) is 5.69 Å². The molecule has 2 fully saturated rings. The minimum atomic E-state index is -0.797. The standard InChI is InChI=1S/C16H14Cl2N4.C7H11NO3/c17-12-4-3-11-13(22-8-5-19-10-22)9-14(20-16(11)15(12)18)21-6-1-2-7-21;1-5(9)8-3-2-6(4-8)7(10)11/h3-5,8-10H,1-2,6-7H2;6H,2-4H2,1H3,(H,10,11). The second kappa shape index (κ2) is 9.97. The van der Waals surface area contributed by atoms with Crippen LogP contribution in [-0.4, -0.2) is 62.6 Å². The van der Waals surface area contributed by atoms with E-state index >= 15 is 0 Å². The zero-order valence-corrected chi connectivity index (χ0v) is 19.8. The zero-order valence-electron chi connectivity index (χ0n) is 18.2. The summed E-state index contributed by atoms with van der Waals surface area (Å²) >= 11 is 12.6. The lowest BCUT2D eigenvalue weighted by Gasteiger charge is -2.19. The van der Waals surface area contributed by atoms with Crippen molar-refractivity contribution >= 4 is 51.8 Å². The molecule has 33 heavy (non-hydrogen) atoms. The molecule has 174 valence electrons. The average Bonchev–Trinajstić information content (AvgIpc) is 3.58.